The summed E-state index contributed by atoms with van der Waals surface area (Å²) in [6, 6.07) is 3.86. The van der Waals surface area contributed by atoms with Gasteiger partial charge in [-0.05, 0) is 18.2 Å². The Kier molecular flexibility index (Phi) is 3.30. The third-order valence-corrected chi connectivity index (χ3v) is 3.82. The zero-order valence-corrected chi connectivity index (χ0v) is 9.99. The highest BCUT2D eigenvalue weighted by atomic mass is 32.2. The summed E-state index contributed by atoms with van der Waals surface area (Å²) < 4.78 is 38.5. The van der Waals surface area contributed by atoms with Gasteiger partial charge in [-0.25, -0.2) is 4.98 Å². The first-order chi connectivity index (χ1) is 7.97. The Labute approximate surface area is 104 Å². The van der Waals surface area contributed by atoms with Crippen molar-refractivity contribution in [3.05, 3.63) is 35.3 Å². The predicted octanol–water partition coefficient (Wildman–Crippen LogP) is 3.90. The number of anilines is 1. The monoisotopic (exact) mass is 276 g/mol. The van der Waals surface area contributed by atoms with E-state index in [1.165, 1.54) is 29.2 Å². The Morgan fingerprint density at radius 2 is 2.06 bits per heavy atom. The topological polar surface area (TPSA) is 38.9 Å². The summed E-state index contributed by atoms with van der Waals surface area (Å²) in [5, 5.41) is 1.77. The fourth-order valence-corrected chi connectivity index (χ4v) is 2.84. The van der Waals surface area contributed by atoms with Gasteiger partial charge in [-0.3, -0.25) is 0 Å². The number of halogens is 3. The molecular formula is C10H7F3N2S2. The van der Waals surface area contributed by atoms with E-state index in [4.69, 9.17) is 5.73 Å². The Morgan fingerprint density at radius 1 is 1.29 bits per heavy atom. The molecule has 0 fully saturated rings. The van der Waals surface area contributed by atoms with Crippen molar-refractivity contribution in [3.8, 4) is 0 Å². The molecule has 0 unspecified atom stereocenters. The molecule has 2 rings (SSSR count). The van der Waals surface area contributed by atoms with E-state index in [0.29, 0.717) is 9.24 Å². The van der Waals surface area contributed by atoms with E-state index < -0.39 is 11.7 Å². The van der Waals surface area contributed by atoms with E-state index in [1.807, 2.05) is 0 Å². The van der Waals surface area contributed by atoms with Crippen molar-refractivity contribution >= 4 is 28.8 Å². The quantitative estimate of drug-likeness (QED) is 0.846. The van der Waals surface area contributed by atoms with Gasteiger partial charge in [0, 0.05) is 22.2 Å². The minimum atomic E-state index is -4.43. The zero-order valence-electron chi connectivity index (χ0n) is 8.36. The van der Waals surface area contributed by atoms with Crippen molar-refractivity contribution in [1.82, 2.24) is 4.98 Å². The maximum absolute atomic E-state index is 12.6. The molecule has 0 atom stereocenters. The number of nitrogens with zero attached hydrogens (tertiary/aromatic N) is 1. The number of rotatable bonds is 2. The molecule has 0 aliphatic rings. The van der Waals surface area contributed by atoms with Crippen molar-refractivity contribution in [3.63, 3.8) is 0 Å². The highest BCUT2D eigenvalue weighted by Crippen LogP contribution is 2.37. The van der Waals surface area contributed by atoms with Gasteiger partial charge in [-0.1, -0.05) is 11.8 Å². The standard InChI is InChI=1S/C10H7F3N2S2/c11-10(12,13)7-5-6(1-2-8(7)14)17-9-15-3-4-16-9/h1-5H,14H2. The molecule has 0 aliphatic heterocycles. The molecule has 90 valence electrons. The third-order valence-electron chi connectivity index (χ3n) is 1.94. The van der Waals surface area contributed by atoms with Crippen LogP contribution in [0.3, 0.4) is 0 Å². The van der Waals surface area contributed by atoms with Crippen molar-refractivity contribution in [2.24, 2.45) is 0 Å². The lowest BCUT2D eigenvalue weighted by Gasteiger charge is -2.10. The van der Waals surface area contributed by atoms with E-state index in [9.17, 15) is 13.2 Å². The minimum absolute atomic E-state index is 0.263. The average molecular weight is 276 g/mol. The maximum Gasteiger partial charge on any atom is 0.418 e. The first-order valence-electron chi connectivity index (χ1n) is 4.51. The second kappa shape index (κ2) is 4.58. The molecule has 2 N–H and O–H groups in total. The predicted molar refractivity (Wildman–Crippen MR) is 62.1 cm³/mol. The summed E-state index contributed by atoms with van der Waals surface area (Å²) >= 11 is 2.56. The van der Waals surface area contributed by atoms with Gasteiger partial charge in [-0.2, -0.15) is 13.2 Å². The molecule has 2 nitrogen and oxygen atoms in total. The highest BCUT2D eigenvalue weighted by Gasteiger charge is 2.33. The Bertz CT molecular complexity index is 509. The molecule has 0 saturated heterocycles. The summed E-state index contributed by atoms with van der Waals surface area (Å²) in [5.41, 5.74) is 4.24. The van der Waals surface area contributed by atoms with Crippen LogP contribution in [0.5, 0.6) is 0 Å². The molecule has 17 heavy (non-hydrogen) atoms. The summed E-state index contributed by atoms with van der Waals surface area (Å²) in [6.07, 6.45) is -2.82. The van der Waals surface area contributed by atoms with Crippen LogP contribution in [-0.2, 0) is 6.18 Å². The average Bonchev–Trinajstić information content (AvgIpc) is 2.72. The van der Waals surface area contributed by atoms with E-state index in [1.54, 1.807) is 17.6 Å². The number of nitrogens with two attached hydrogens (primary N) is 1. The summed E-state index contributed by atoms with van der Waals surface area (Å²) in [5.74, 6) is 0. The lowest BCUT2D eigenvalue weighted by Crippen LogP contribution is -2.08. The van der Waals surface area contributed by atoms with Gasteiger partial charge in [0.15, 0.2) is 4.34 Å². The molecule has 2 aromatic rings. The number of hydrogen-bond donors (Lipinski definition) is 1. The Morgan fingerprint density at radius 3 is 2.65 bits per heavy atom. The number of hydrogen-bond acceptors (Lipinski definition) is 4. The second-order valence-electron chi connectivity index (χ2n) is 3.15. The smallest absolute Gasteiger partial charge is 0.398 e. The SMILES string of the molecule is Nc1ccc(Sc2nccs2)cc1C(F)(F)F. The van der Waals surface area contributed by atoms with Crippen molar-refractivity contribution in [1.29, 1.82) is 0 Å². The maximum atomic E-state index is 12.6. The van der Waals surface area contributed by atoms with E-state index in [2.05, 4.69) is 4.98 Å². The number of alkyl halides is 3. The van der Waals surface area contributed by atoms with Crippen molar-refractivity contribution < 1.29 is 13.2 Å². The first-order valence-corrected chi connectivity index (χ1v) is 6.20. The first kappa shape index (κ1) is 12.3. The van der Waals surface area contributed by atoms with Crippen LogP contribution in [0, 0.1) is 0 Å². The Hall–Kier alpha value is -1.21. The molecule has 1 aromatic carbocycles. The van der Waals surface area contributed by atoms with Crippen molar-refractivity contribution in [2.45, 2.75) is 15.4 Å². The van der Waals surface area contributed by atoms with Gasteiger partial charge >= 0.3 is 6.18 Å². The van der Waals surface area contributed by atoms with Crippen LogP contribution >= 0.6 is 23.1 Å². The van der Waals surface area contributed by atoms with Crippen LogP contribution in [-0.4, -0.2) is 4.98 Å². The van der Waals surface area contributed by atoms with Crippen LogP contribution in [0.2, 0.25) is 0 Å². The van der Waals surface area contributed by atoms with Gasteiger partial charge in [0.25, 0.3) is 0 Å². The van der Waals surface area contributed by atoms with Gasteiger partial charge in [0.1, 0.15) is 0 Å². The van der Waals surface area contributed by atoms with Gasteiger partial charge in [-0.15, -0.1) is 11.3 Å². The lowest BCUT2D eigenvalue weighted by molar-refractivity contribution is -0.137. The molecule has 0 bridgehead atoms. The number of benzene rings is 1. The fraction of sp³-hybridized carbons (Fsp3) is 0.100. The molecule has 0 aliphatic carbocycles. The zero-order chi connectivity index (χ0) is 12.5. The van der Waals surface area contributed by atoms with Crippen molar-refractivity contribution in [2.75, 3.05) is 5.73 Å². The molecule has 7 heteroatoms. The van der Waals surface area contributed by atoms with E-state index in [0.717, 1.165) is 6.07 Å². The fourth-order valence-electron chi connectivity index (χ4n) is 1.21. The summed E-state index contributed by atoms with van der Waals surface area (Å²) in [7, 11) is 0. The lowest BCUT2D eigenvalue weighted by atomic mass is 10.2. The van der Waals surface area contributed by atoms with E-state index >= 15 is 0 Å². The largest absolute Gasteiger partial charge is 0.418 e. The third kappa shape index (κ3) is 2.92. The summed E-state index contributed by atoms with van der Waals surface area (Å²) in [6.45, 7) is 0. The van der Waals surface area contributed by atoms with Gasteiger partial charge < -0.3 is 5.73 Å². The van der Waals surface area contributed by atoms with Crippen LogP contribution in [0.25, 0.3) is 0 Å². The van der Waals surface area contributed by atoms with Crippen LogP contribution in [0.15, 0.2) is 39.0 Å². The number of thiazole rings is 1. The second-order valence-corrected chi connectivity index (χ2v) is 5.36. The molecule has 0 radical (unpaired) electrons. The minimum Gasteiger partial charge on any atom is -0.398 e. The molecule has 0 saturated carbocycles. The van der Waals surface area contributed by atoms with Crippen LogP contribution < -0.4 is 5.73 Å². The molecule has 1 aromatic heterocycles. The molecule has 1 heterocycles. The molecular weight excluding hydrogens is 269 g/mol. The van der Waals surface area contributed by atoms with Gasteiger partial charge in [0.2, 0.25) is 0 Å². The molecule has 0 spiro atoms. The van der Waals surface area contributed by atoms with E-state index in [-0.39, 0.29) is 5.69 Å². The van der Waals surface area contributed by atoms with Crippen LogP contribution in [0.1, 0.15) is 5.56 Å². The highest BCUT2D eigenvalue weighted by molar-refractivity contribution is 8.01. The van der Waals surface area contributed by atoms with Crippen LogP contribution in [0.4, 0.5) is 18.9 Å². The van der Waals surface area contributed by atoms with Gasteiger partial charge in [0.05, 0.1) is 5.56 Å². The number of aromatic nitrogens is 1. The normalized spacial score (nSPS) is 11.7. The number of nitrogen functional groups attached to an aromatic ring is 1. The summed E-state index contributed by atoms with van der Waals surface area (Å²) in [4.78, 5) is 4.47. The molecule has 0 amide bonds. The Balaban J connectivity index is 2.31.